The van der Waals surface area contributed by atoms with Crippen LogP contribution < -0.4 is 14.8 Å². The van der Waals surface area contributed by atoms with Crippen molar-refractivity contribution in [1.82, 2.24) is 0 Å². The van der Waals surface area contributed by atoms with Crippen LogP contribution in [0.3, 0.4) is 0 Å². The first-order valence-corrected chi connectivity index (χ1v) is 14.8. The van der Waals surface area contributed by atoms with Crippen molar-refractivity contribution in [3.63, 3.8) is 0 Å². The summed E-state index contributed by atoms with van der Waals surface area (Å²) < 4.78 is 0. The van der Waals surface area contributed by atoms with E-state index in [-0.39, 0.29) is 0 Å². The Balaban J connectivity index is 1.96. The zero-order valence-corrected chi connectivity index (χ0v) is 25.0. The molecule has 3 aromatic rings. The maximum Gasteiger partial charge on any atom is 0.206 e. The average molecular weight is 521 g/mol. The zero-order chi connectivity index (χ0) is 27.9. The highest BCUT2D eigenvalue weighted by Gasteiger charge is 2.24. The summed E-state index contributed by atoms with van der Waals surface area (Å²) in [5.41, 5.74) is 12.7. The fourth-order valence-corrected chi connectivity index (χ4v) is 5.61. The largest absolute Gasteiger partial charge is 0.372 e. The Kier molecular flexibility index (Phi) is 9.45. The summed E-state index contributed by atoms with van der Waals surface area (Å²) >= 11 is 0. The van der Waals surface area contributed by atoms with Gasteiger partial charge in [0.2, 0.25) is 5.71 Å². The maximum absolute atomic E-state index is 3.74. The molecule has 1 unspecified atom stereocenters. The van der Waals surface area contributed by atoms with Crippen LogP contribution in [0, 0.1) is 6.92 Å². The van der Waals surface area contributed by atoms with Gasteiger partial charge in [0.25, 0.3) is 0 Å². The Morgan fingerprint density at radius 3 is 1.90 bits per heavy atom. The van der Waals surface area contributed by atoms with Crippen molar-refractivity contribution in [2.24, 2.45) is 0 Å². The third kappa shape index (κ3) is 6.03. The number of fused-ring (bicyclic) bond motifs is 1. The Bertz CT molecular complexity index is 1350. The summed E-state index contributed by atoms with van der Waals surface area (Å²) in [7, 11) is 0. The molecule has 1 aliphatic carbocycles. The average Bonchev–Trinajstić information content (AvgIpc) is 2.97. The molecule has 0 bridgehead atoms. The highest BCUT2D eigenvalue weighted by atomic mass is 15.1. The van der Waals surface area contributed by atoms with Crippen LogP contribution in [0.4, 0.5) is 11.4 Å². The SMILES string of the molecule is CCC(C)[NH+]=C1C=CC(=C(c2ccc(N(CC)CC)cc2)c2ccc(N(CC)CC)cc2C)c2ccccc21. The molecule has 0 saturated carbocycles. The molecule has 0 spiro atoms. The maximum atomic E-state index is 3.74. The van der Waals surface area contributed by atoms with Gasteiger partial charge in [0.05, 0.1) is 5.56 Å². The highest BCUT2D eigenvalue weighted by molar-refractivity contribution is 6.17. The van der Waals surface area contributed by atoms with Crippen molar-refractivity contribution in [3.8, 4) is 0 Å². The molecule has 3 aromatic carbocycles. The normalized spacial score (nSPS) is 15.7. The smallest absolute Gasteiger partial charge is 0.206 e. The van der Waals surface area contributed by atoms with E-state index in [0.717, 1.165) is 32.6 Å². The summed E-state index contributed by atoms with van der Waals surface area (Å²) in [6.45, 7) is 19.7. The topological polar surface area (TPSA) is 20.5 Å². The molecule has 0 aromatic heterocycles. The first kappa shape index (κ1) is 28.4. The van der Waals surface area contributed by atoms with Gasteiger partial charge in [-0.2, -0.15) is 0 Å². The highest BCUT2D eigenvalue weighted by Crippen LogP contribution is 2.39. The van der Waals surface area contributed by atoms with E-state index in [2.05, 4.69) is 142 Å². The number of benzene rings is 3. The summed E-state index contributed by atoms with van der Waals surface area (Å²) in [5.74, 6) is 0. The molecule has 1 atom stereocenters. The predicted molar refractivity (Wildman–Crippen MR) is 171 cm³/mol. The lowest BCUT2D eigenvalue weighted by Gasteiger charge is -2.25. The van der Waals surface area contributed by atoms with Gasteiger partial charge in [-0.05, 0) is 111 Å². The summed E-state index contributed by atoms with van der Waals surface area (Å²) in [6.07, 6.45) is 5.68. The number of anilines is 2. The first-order valence-electron chi connectivity index (χ1n) is 14.8. The van der Waals surface area contributed by atoms with Crippen LogP contribution in [0.15, 0.2) is 78.9 Å². The summed E-state index contributed by atoms with van der Waals surface area (Å²) in [6, 6.07) is 25.4. The minimum atomic E-state index is 0.421. The second kappa shape index (κ2) is 13.0. The van der Waals surface area contributed by atoms with Crippen LogP contribution in [0.1, 0.15) is 75.8 Å². The summed E-state index contributed by atoms with van der Waals surface area (Å²) in [4.78, 5) is 8.55. The van der Waals surface area contributed by atoms with Crippen LogP contribution in [-0.2, 0) is 0 Å². The Morgan fingerprint density at radius 1 is 0.718 bits per heavy atom. The minimum Gasteiger partial charge on any atom is -0.372 e. The molecule has 0 fully saturated rings. The van der Waals surface area contributed by atoms with Gasteiger partial charge in [-0.25, -0.2) is 4.99 Å². The molecular weight excluding hydrogens is 474 g/mol. The van der Waals surface area contributed by atoms with Crippen molar-refractivity contribution in [2.45, 2.75) is 60.9 Å². The number of nitrogens with one attached hydrogen (secondary N) is 1. The van der Waals surface area contributed by atoms with Crippen molar-refractivity contribution in [2.75, 3.05) is 36.0 Å². The monoisotopic (exact) mass is 520 g/mol. The van der Waals surface area contributed by atoms with E-state index >= 15 is 0 Å². The second-order valence-electron chi connectivity index (χ2n) is 10.4. The predicted octanol–water partition coefficient (Wildman–Crippen LogP) is 6.88. The number of hydrogen-bond acceptors (Lipinski definition) is 2. The van der Waals surface area contributed by atoms with Gasteiger partial charge in [-0.15, -0.1) is 0 Å². The third-order valence-electron chi connectivity index (χ3n) is 8.10. The van der Waals surface area contributed by atoms with E-state index in [1.165, 1.54) is 56.0 Å². The van der Waals surface area contributed by atoms with Gasteiger partial charge in [0.15, 0.2) is 0 Å². The van der Waals surface area contributed by atoms with Crippen LogP contribution in [0.25, 0.3) is 11.1 Å². The van der Waals surface area contributed by atoms with Crippen LogP contribution in [-0.4, -0.2) is 37.9 Å². The van der Waals surface area contributed by atoms with Crippen molar-refractivity contribution < 1.29 is 4.99 Å². The molecule has 0 aliphatic heterocycles. The van der Waals surface area contributed by atoms with E-state index < -0.39 is 0 Å². The van der Waals surface area contributed by atoms with Crippen LogP contribution >= 0.6 is 0 Å². The van der Waals surface area contributed by atoms with Gasteiger partial charge in [-0.3, -0.25) is 0 Å². The zero-order valence-electron chi connectivity index (χ0n) is 25.0. The van der Waals surface area contributed by atoms with Crippen molar-refractivity contribution >= 4 is 28.2 Å². The molecular formula is C36H46N3+. The molecule has 3 heteroatoms. The van der Waals surface area contributed by atoms with E-state index in [9.17, 15) is 0 Å². The molecule has 1 N–H and O–H groups in total. The fraction of sp³-hybridized carbons (Fsp3) is 0.361. The number of nitrogens with zero attached hydrogens (tertiary/aromatic N) is 2. The molecule has 39 heavy (non-hydrogen) atoms. The second-order valence-corrected chi connectivity index (χ2v) is 10.4. The van der Waals surface area contributed by atoms with Gasteiger partial charge < -0.3 is 9.80 Å². The first-order chi connectivity index (χ1) is 18.9. The number of hydrogen-bond donors (Lipinski definition) is 1. The molecule has 1 aliphatic rings. The molecule has 0 heterocycles. The van der Waals surface area contributed by atoms with Gasteiger partial charge >= 0.3 is 0 Å². The number of allylic oxidation sites excluding steroid dienone is 3. The fourth-order valence-electron chi connectivity index (χ4n) is 5.61. The molecule has 3 nitrogen and oxygen atoms in total. The van der Waals surface area contributed by atoms with E-state index in [1.807, 2.05) is 0 Å². The Labute approximate surface area is 236 Å². The Hall–Kier alpha value is -3.59. The minimum absolute atomic E-state index is 0.421. The van der Waals surface area contributed by atoms with E-state index in [4.69, 9.17) is 0 Å². The van der Waals surface area contributed by atoms with Crippen molar-refractivity contribution in [3.05, 3.63) is 107 Å². The Morgan fingerprint density at radius 2 is 1.31 bits per heavy atom. The molecule has 204 valence electrons. The molecule has 0 saturated heterocycles. The number of aryl methyl sites for hydroxylation is 1. The van der Waals surface area contributed by atoms with Crippen molar-refractivity contribution in [1.29, 1.82) is 0 Å². The molecule has 0 radical (unpaired) electrons. The lowest BCUT2D eigenvalue weighted by atomic mass is 9.82. The molecule has 0 amide bonds. The quantitative estimate of drug-likeness (QED) is 0.314. The molecule has 4 rings (SSSR count). The van der Waals surface area contributed by atoms with Gasteiger partial charge in [-0.1, -0.05) is 43.3 Å². The van der Waals surface area contributed by atoms with Crippen LogP contribution in [0.5, 0.6) is 0 Å². The van der Waals surface area contributed by atoms with E-state index in [1.54, 1.807) is 0 Å². The number of rotatable bonds is 10. The van der Waals surface area contributed by atoms with Crippen LogP contribution in [0.2, 0.25) is 0 Å². The lowest BCUT2D eigenvalue weighted by Crippen LogP contribution is -2.78. The van der Waals surface area contributed by atoms with Gasteiger partial charge in [0, 0.05) is 50.1 Å². The summed E-state index contributed by atoms with van der Waals surface area (Å²) in [5, 5.41) is 0. The van der Waals surface area contributed by atoms with Gasteiger partial charge in [0.1, 0.15) is 6.04 Å². The lowest BCUT2D eigenvalue weighted by molar-refractivity contribution is -0.497. The third-order valence-corrected chi connectivity index (χ3v) is 8.10. The van der Waals surface area contributed by atoms with E-state index in [0.29, 0.717) is 6.04 Å². The standard InChI is InChI=1S/C36H45N3/c1-8-27(7)37-35-24-23-34(32-15-13-14-16-33(32)35)36(28-17-19-29(20-18-28)38(9-2)10-3)31-22-21-30(25-26(31)6)39(11-4)12-5/h13-25,27H,8-12H2,1-7H3/p+1.